The second-order valence-corrected chi connectivity index (χ2v) is 11.4. The lowest BCUT2D eigenvalue weighted by Crippen LogP contribution is -2.21. The van der Waals surface area contributed by atoms with E-state index in [9.17, 15) is 33.4 Å². The monoisotopic (exact) mass is 645 g/mol. The minimum Gasteiger partial charge on any atom is -0.469 e. The fourth-order valence-corrected chi connectivity index (χ4v) is 5.39. The highest BCUT2D eigenvalue weighted by molar-refractivity contribution is 6.12. The van der Waals surface area contributed by atoms with Crippen LogP contribution in [0, 0.1) is 18.6 Å². The lowest BCUT2D eigenvalue weighted by molar-refractivity contribution is -0.143. The summed E-state index contributed by atoms with van der Waals surface area (Å²) in [6.07, 6.45) is 0.206. The largest absolute Gasteiger partial charge is 0.469 e. The van der Waals surface area contributed by atoms with Crippen molar-refractivity contribution in [2.45, 2.75) is 51.9 Å². The van der Waals surface area contributed by atoms with Crippen molar-refractivity contribution in [2.75, 3.05) is 12.4 Å². The van der Waals surface area contributed by atoms with Crippen LogP contribution in [0.15, 0.2) is 72.8 Å². The van der Waals surface area contributed by atoms with E-state index in [1.165, 1.54) is 55.7 Å². The van der Waals surface area contributed by atoms with E-state index in [-0.39, 0.29) is 30.1 Å². The first-order chi connectivity index (χ1) is 22.3. The van der Waals surface area contributed by atoms with Gasteiger partial charge >= 0.3 is 5.97 Å². The zero-order valence-electron chi connectivity index (χ0n) is 26.5. The molecule has 0 aliphatic heterocycles. The number of amides is 2. The van der Waals surface area contributed by atoms with Crippen LogP contribution in [0.25, 0.3) is 28.3 Å². The van der Waals surface area contributed by atoms with Gasteiger partial charge in [0, 0.05) is 40.5 Å². The van der Waals surface area contributed by atoms with E-state index in [4.69, 9.17) is 5.73 Å². The second kappa shape index (κ2) is 15.0. The summed E-state index contributed by atoms with van der Waals surface area (Å²) in [6.45, 7) is 5.44. The molecule has 9 nitrogen and oxygen atoms in total. The number of methoxy groups -OCH3 is 1. The molecule has 0 aliphatic carbocycles. The van der Waals surface area contributed by atoms with Gasteiger partial charge in [-0.15, -0.1) is 0 Å². The Morgan fingerprint density at radius 1 is 0.936 bits per heavy atom. The molecule has 5 N–H and O–H groups in total. The minimum absolute atomic E-state index is 0.168. The van der Waals surface area contributed by atoms with Crippen LogP contribution in [0.4, 0.5) is 14.5 Å². The van der Waals surface area contributed by atoms with Crippen molar-refractivity contribution < 1.29 is 38.1 Å². The zero-order chi connectivity index (χ0) is 34.4. The van der Waals surface area contributed by atoms with Crippen LogP contribution in [0.3, 0.4) is 0 Å². The Bertz CT molecular complexity index is 1800. The van der Waals surface area contributed by atoms with Gasteiger partial charge in [-0.25, -0.2) is 8.78 Å². The topological polar surface area (TPSA) is 144 Å². The summed E-state index contributed by atoms with van der Waals surface area (Å²) in [5.41, 5.74) is 9.36. The molecule has 246 valence electrons. The number of anilines is 1. The van der Waals surface area contributed by atoms with Crippen LogP contribution in [0.2, 0.25) is 0 Å². The molecule has 0 bridgehead atoms. The Morgan fingerprint density at radius 3 is 2.02 bits per heavy atom. The quantitative estimate of drug-likeness (QED) is 0.139. The molecule has 3 aromatic carbocycles. The van der Waals surface area contributed by atoms with Crippen LogP contribution in [0.1, 0.15) is 64.8 Å². The number of carbonyl (C=O) groups is 3. The summed E-state index contributed by atoms with van der Waals surface area (Å²) in [5, 5.41) is 24.0. The standard InChI is InChI=1S/C36H37F2N3O6/c1-20(2)41-30(16-14-27(42)18-28(43)19-31(44)47-4)32(22-5-10-25(37)11-6-22)33(23-7-12-26(38)13-8-23)34(41)36(46)40-29-15-9-24(35(39)45)17-21(29)3/h5-17,20,27-28,42-43H,18-19H2,1-4H3,(H2,39,45)(H,40,46)/t27-,28+/m0/s1. The van der Waals surface area contributed by atoms with Crippen LogP contribution in [-0.4, -0.2) is 51.9 Å². The van der Waals surface area contributed by atoms with Gasteiger partial charge in [-0.05, 0) is 86.0 Å². The average Bonchev–Trinajstić information content (AvgIpc) is 3.37. The first-order valence-corrected chi connectivity index (χ1v) is 14.9. The van der Waals surface area contributed by atoms with Gasteiger partial charge in [-0.2, -0.15) is 0 Å². The number of aliphatic hydroxyl groups excluding tert-OH is 2. The smallest absolute Gasteiger partial charge is 0.308 e. The van der Waals surface area contributed by atoms with E-state index in [1.54, 1.807) is 41.8 Å². The van der Waals surface area contributed by atoms with Crippen molar-refractivity contribution in [3.05, 3.63) is 107 Å². The molecule has 0 fully saturated rings. The van der Waals surface area contributed by atoms with Gasteiger partial charge in [0.25, 0.3) is 5.91 Å². The minimum atomic E-state index is -1.19. The maximum absolute atomic E-state index is 14.3. The summed E-state index contributed by atoms with van der Waals surface area (Å²) in [5.74, 6) is -2.71. The van der Waals surface area contributed by atoms with E-state index >= 15 is 0 Å². The molecule has 2 atom stereocenters. The number of benzene rings is 3. The number of aryl methyl sites for hydroxylation is 1. The van der Waals surface area contributed by atoms with Gasteiger partial charge in [0.05, 0.1) is 25.7 Å². The number of nitrogens with zero attached hydrogens (tertiary/aromatic N) is 1. The molecule has 1 heterocycles. The number of hydrogen-bond donors (Lipinski definition) is 4. The van der Waals surface area contributed by atoms with Gasteiger partial charge in [0.2, 0.25) is 5.91 Å². The molecule has 0 saturated carbocycles. The lowest BCUT2D eigenvalue weighted by Gasteiger charge is -2.18. The molecule has 4 rings (SSSR count). The number of hydrogen-bond acceptors (Lipinski definition) is 6. The van der Waals surface area contributed by atoms with Gasteiger partial charge in [-0.3, -0.25) is 14.4 Å². The maximum Gasteiger partial charge on any atom is 0.308 e. The van der Waals surface area contributed by atoms with E-state index < -0.39 is 41.6 Å². The van der Waals surface area contributed by atoms with Crippen molar-refractivity contribution in [1.82, 2.24) is 4.57 Å². The molecule has 0 spiro atoms. The molecular formula is C36H37F2N3O6. The third-order valence-corrected chi connectivity index (χ3v) is 7.62. The molecule has 1 aromatic heterocycles. The maximum atomic E-state index is 14.3. The average molecular weight is 646 g/mol. The van der Waals surface area contributed by atoms with Crippen molar-refractivity contribution in [3.8, 4) is 22.3 Å². The molecule has 0 radical (unpaired) electrons. The number of aromatic nitrogens is 1. The number of carbonyl (C=O) groups excluding carboxylic acids is 3. The van der Waals surface area contributed by atoms with E-state index in [0.717, 1.165) is 0 Å². The molecule has 11 heteroatoms. The summed E-state index contributed by atoms with van der Waals surface area (Å²) >= 11 is 0. The van der Waals surface area contributed by atoms with E-state index in [1.807, 2.05) is 13.8 Å². The molecule has 2 amide bonds. The lowest BCUT2D eigenvalue weighted by atomic mass is 9.94. The zero-order valence-corrected chi connectivity index (χ0v) is 26.5. The van der Waals surface area contributed by atoms with Gasteiger partial charge < -0.3 is 30.6 Å². The van der Waals surface area contributed by atoms with Crippen molar-refractivity contribution in [3.63, 3.8) is 0 Å². The van der Waals surface area contributed by atoms with E-state index in [2.05, 4.69) is 10.1 Å². The highest BCUT2D eigenvalue weighted by Crippen LogP contribution is 2.43. The fourth-order valence-electron chi connectivity index (χ4n) is 5.39. The molecule has 0 unspecified atom stereocenters. The predicted octanol–water partition coefficient (Wildman–Crippen LogP) is 6.03. The Labute approximate surface area is 271 Å². The van der Waals surface area contributed by atoms with Gasteiger partial charge in [-0.1, -0.05) is 30.3 Å². The van der Waals surface area contributed by atoms with Gasteiger partial charge in [0.1, 0.15) is 17.3 Å². The number of nitrogens with two attached hydrogens (primary N) is 1. The number of rotatable bonds is 12. The van der Waals surface area contributed by atoms with Crippen LogP contribution >= 0.6 is 0 Å². The van der Waals surface area contributed by atoms with Crippen molar-refractivity contribution in [1.29, 1.82) is 0 Å². The number of primary amides is 1. The molecule has 0 saturated heterocycles. The highest BCUT2D eigenvalue weighted by atomic mass is 19.1. The first kappa shape index (κ1) is 34.7. The Balaban J connectivity index is 1.95. The summed E-state index contributed by atoms with van der Waals surface area (Å²) in [4.78, 5) is 37.6. The van der Waals surface area contributed by atoms with E-state index in [0.29, 0.717) is 39.2 Å². The molecule has 4 aromatic rings. The Hall–Kier alpha value is -5.13. The van der Waals surface area contributed by atoms with Crippen LogP contribution in [0.5, 0.6) is 0 Å². The Kier molecular flexibility index (Phi) is 11.1. The third kappa shape index (κ3) is 8.18. The van der Waals surface area contributed by atoms with Crippen LogP contribution < -0.4 is 11.1 Å². The molecule has 47 heavy (non-hydrogen) atoms. The van der Waals surface area contributed by atoms with Gasteiger partial charge in [0.15, 0.2) is 0 Å². The van der Waals surface area contributed by atoms with Crippen LogP contribution in [-0.2, 0) is 9.53 Å². The highest BCUT2D eigenvalue weighted by Gasteiger charge is 2.30. The summed E-state index contributed by atoms with van der Waals surface area (Å²) < 4.78 is 34.6. The fraction of sp³-hybridized carbons (Fsp3) is 0.250. The normalized spacial score (nSPS) is 12.7. The van der Waals surface area contributed by atoms with Crippen molar-refractivity contribution in [2.24, 2.45) is 5.73 Å². The third-order valence-electron chi connectivity index (χ3n) is 7.62. The number of aliphatic hydroxyl groups is 2. The second-order valence-electron chi connectivity index (χ2n) is 11.4. The number of ether oxygens (including phenoxy) is 1. The SMILES string of the molecule is COC(=O)C[C@H](O)C[C@@H](O)C=Cc1c(-c2ccc(F)cc2)c(-c2ccc(F)cc2)c(C(=O)Nc2ccc(C(N)=O)cc2C)n1C(C)C. The number of esters is 1. The number of halogens is 2. The molecule has 0 aliphatic rings. The summed E-state index contributed by atoms with van der Waals surface area (Å²) in [7, 11) is 1.20. The van der Waals surface area contributed by atoms with Crippen molar-refractivity contribution >= 4 is 29.5 Å². The number of nitrogens with one attached hydrogen (secondary N) is 1. The predicted molar refractivity (Wildman–Crippen MR) is 176 cm³/mol. The summed E-state index contributed by atoms with van der Waals surface area (Å²) in [6, 6.07) is 15.6. The Morgan fingerprint density at radius 2 is 1.51 bits per heavy atom. The first-order valence-electron chi connectivity index (χ1n) is 14.9. The molecular weight excluding hydrogens is 608 g/mol.